The second-order valence-corrected chi connectivity index (χ2v) is 6.61. The molecule has 6 heteroatoms. The minimum absolute atomic E-state index is 0.0255. The van der Waals surface area contributed by atoms with Crippen LogP contribution in [0.15, 0.2) is 42.5 Å². The molecule has 112 valence electrons. The molecule has 0 unspecified atom stereocenters. The van der Waals surface area contributed by atoms with Crippen LogP contribution in [0.3, 0.4) is 0 Å². The maximum absolute atomic E-state index is 13.4. The number of halogens is 2. The second-order valence-electron chi connectivity index (χ2n) is 4.80. The largest absolute Gasteiger partial charge is 0.216 e. The van der Waals surface area contributed by atoms with Crippen molar-refractivity contribution in [2.75, 3.05) is 0 Å². The number of nitrogens with one attached hydrogen (secondary N) is 1. The predicted octanol–water partition coefficient (Wildman–Crippen LogP) is 2.89. The Morgan fingerprint density at radius 3 is 2.38 bits per heavy atom. The van der Waals surface area contributed by atoms with Gasteiger partial charge in [0.25, 0.3) is 0 Å². The van der Waals surface area contributed by atoms with Crippen LogP contribution in [0.4, 0.5) is 8.78 Å². The van der Waals surface area contributed by atoms with Gasteiger partial charge in [-0.25, -0.2) is 21.9 Å². The molecule has 0 aromatic heterocycles. The molecule has 0 amide bonds. The topological polar surface area (TPSA) is 46.2 Å². The van der Waals surface area contributed by atoms with Gasteiger partial charge in [-0.15, -0.1) is 0 Å². The maximum Gasteiger partial charge on any atom is 0.216 e. The first-order valence-corrected chi connectivity index (χ1v) is 7.98. The van der Waals surface area contributed by atoms with Crippen LogP contribution in [0.2, 0.25) is 0 Å². The van der Waals surface area contributed by atoms with Gasteiger partial charge in [0.15, 0.2) is 0 Å². The quantitative estimate of drug-likeness (QED) is 0.923. The van der Waals surface area contributed by atoms with E-state index in [4.69, 9.17) is 0 Å². The average Bonchev–Trinajstić information content (AvgIpc) is 2.42. The normalized spacial score (nSPS) is 11.6. The molecule has 3 nitrogen and oxygen atoms in total. The second kappa shape index (κ2) is 6.32. The standard InChI is InChI=1S/C15H15F2NO2S/c1-11-2-4-12(5-3-11)10-21(19,20)18-9-13-8-14(16)6-7-15(13)17/h2-8,18H,9-10H2,1H3. The molecule has 2 aromatic carbocycles. The molecular formula is C15H15F2NO2S. The highest BCUT2D eigenvalue weighted by atomic mass is 32.2. The zero-order valence-electron chi connectivity index (χ0n) is 11.4. The van der Waals surface area contributed by atoms with E-state index in [1.54, 1.807) is 12.1 Å². The number of hydrogen-bond acceptors (Lipinski definition) is 2. The van der Waals surface area contributed by atoms with E-state index in [0.29, 0.717) is 5.56 Å². The summed E-state index contributed by atoms with van der Waals surface area (Å²) in [5.74, 6) is -1.46. The van der Waals surface area contributed by atoms with Crippen molar-refractivity contribution in [1.29, 1.82) is 0 Å². The third-order valence-corrected chi connectivity index (χ3v) is 4.27. The fraction of sp³-hybridized carbons (Fsp3) is 0.200. The maximum atomic E-state index is 13.4. The highest BCUT2D eigenvalue weighted by Gasteiger charge is 2.13. The Hall–Kier alpha value is -1.79. The summed E-state index contributed by atoms with van der Waals surface area (Å²) >= 11 is 0. The summed E-state index contributed by atoms with van der Waals surface area (Å²) in [6, 6.07) is 10.0. The van der Waals surface area contributed by atoms with E-state index in [2.05, 4.69) is 4.72 Å². The Morgan fingerprint density at radius 1 is 1.05 bits per heavy atom. The Balaban J connectivity index is 2.04. The van der Waals surface area contributed by atoms with Gasteiger partial charge in [-0.2, -0.15) is 0 Å². The lowest BCUT2D eigenvalue weighted by Crippen LogP contribution is -2.25. The molecule has 2 rings (SSSR count). The Bertz CT molecular complexity index is 728. The highest BCUT2D eigenvalue weighted by Crippen LogP contribution is 2.11. The Kier molecular flexibility index (Phi) is 4.69. The zero-order valence-corrected chi connectivity index (χ0v) is 12.3. The molecule has 0 saturated carbocycles. The van der Waals surface area contributed by atoms with E-state index in [9.17, 15) is 17.2 Å². The summed E-state index contributed by atoms with van der Waals surface area (Å²) in [6.07, 6.45) is 0. The Labute approximate surface area is 122 Å². The van der Waals surface area contributed by atoms with Crippen molar-refractivity contribution in [2.45, 2.75) is 19.2 Å². The molecular weight excluding hydrogens is 296 g/mol. The van der Waals surface area contributed by atoms with Crippen molar-refractivity contribution < 1.29 is 17.2 Å². The van der Waals surface area contributed by atoms with Crippen LogP contribution in [0, 0.1) is 18.6 Å². The van der Waals surface area contributed by atoms with Crippen LogP contribution in [0.5, 0.6) is 0 Å². The summed E-state index contributed by atoms with van der Waals surface area (Å²) in [7, 11) is -3.61. The van der Waals surface area contributed by atoms with Gasteiger partial charge in [0.05, 0.1) is 5.75 Å². The van der Waals surface area contributed by atoms with Crippen LogP contribution in [-0.4, -0.2) is 8.42 Å². The molecule has 0 atom stereocenters. The lowest BCUT2D eigenvalue weighted by molar-refractivity contribution is 0.566. The molecule has 0 radical (unpaired) electrons. The Morgan fingerprint density at radius 2 is 1.71 bits per heavy atom. The number of hydrogen-bond donors (Lipinski definition) is 1. The van der Waals surface area contributed by atoms with Gasteiger partial charge in [0.1, 0.15) is 11.6 Å². The van der Waals surface area contributed by atoms with Gasteiger partial charge in [0.2, 0.25) is 10.0 Å². The summed E-state index contributed by atoms with van der Waals surface area (Å²) in [5, 5.41) is 0. The average molecular weight is 311 g/mol. The van der Waals surface area contributed by atoms with Gasteiger partial charge in [-0.05, 0) is 30.7 Å². The summed E-state index contributed by atoms with van der Waals surface area (Å²) in [6.45, 7) is 1.63. The minimum Gasteiger partial charge on any atom is -0.212 e. The van der Waals surface area contributed by atoms with Crippen molar-refractivity contribution in [3.05, 3.63) is 70.8 Å². The van der Waals surface area contributed by atoms with Gasteiger partial charge in [0, 0.05) is 12.1 Å². The molecule has 0 aliphatic heterocycles. The van der Waals surface area contributed by atoms with E-state index in [1.807, 2.05) is 19.1 Å². The van der Waals surface area contributed by atoms with Gasteiger partial charge in [-0.3, -0.25) is 0 Å². The van der Waals surface area contributed by atoms with E-state index >= 15 is 0 Å². The molecule has 0 saturated heterocycles. The van der Waals surface area contributed by atoms with Crippen molar-refractivity contribution in [3.8, 4) is 0 Å². The van der Waals surface area contributed by atoms with Crippen molar-refractivity contribution in [3.63, 3.8) is 0 Å². The van der Waals surface area contributed by atoms with E-state index in [0.717, 1.165) is 23.8 Å². The molecule has 0 aliphatic rings. The van der Waals surface area contributed by atoms with Gasteiger partial charge < -0.3 is 0 Å². The predicted molar refractivity (Wildman–Crippen MR) is 77.0 cm³/mol. The molecule has 21 heavy (non-hydrogen) atoms. The van der Waals surface area contributed by atoms with Crippen molar-refractivity contribution in [1.82, 2.24) is 4.72 Å². The zero-order chi connectivity index (χ0) is 15.5. The lowest BCUT2D eigenvalue weighted by atomic mass is 10.2. The van der Waals surface area contributed by atoms with E-state index in [1.165, 1.54) is 0 Å². The van der Waals surface area contributed by atoms with Crippen LogP contribution < -0.4 is 4.72 Å². The fourth-order valence-electron chi connectivity index (χ4n) is 1.82. The van der Waals surface area contributed by atoms with E-state index < -0.39 is 21.7 Å². The number of benzene rings is 2. The molecule has 0 aliphatic carbocycles. The molecule has 0 heterocycles. The molecule has 1 N–H and O–H groups in total. The molecule has 0 spiro atoms. The van der Waals surface area contributed by atoms with E-state index in [-0.39, 0.29) is 17.9 Å². The minimum atomic E-state index is -3.61. The third kappa shape index (κ3) is 4.61. The van der Waals surface area contributed by atoms with Crippen LogP contribution in [0.1, 0.15) is 16.7 Å². The summed E-state index contributed by atoms with van der Waals surface area (Å²) < 4.78 is 52.5. The highest BCUT2D eigenvalue weighted by molar-refractivity contribution is 7.88. The number of sulfonamides is 1. The van der Waals surface area contributed by atoms with Crippen molar-refractivity contribution >= 4 is 10.0 Å². The van der Waals surface area contributed by atoms with Crippen molar-refractivity contribution in [2.24, 2.45) is 0 Å². The van der Waals surface area contributed by atoms with Crippen LogP contribution in [-0.2, 0) is 22.3 Å². The summed E-state index contributed by atoms with van der Waals surface area (Å²) in [5.41, 5.74) is 1.64. The SMILES string of the molecule is Cc1ccc(CS(=O)(=O)NCc2cc(F)ccc2F)cc1. The first-order valence-electron chi connectivity index (χ1n) is 6.32. The number of rotatable bonds is 5. The lowest BCUT2D eigenvalue weighted by Gasteiger charge is -2.08. The first kappa shape index (κ1) is 15.6. The first-order chi connectivity index (χ1) is 9.85. The van der Waals surface area contributed by atoms with Crippen LogP contribution >= 0.6 is 0 Å². The van der Waals surface area contributed by atoms with Gasteiger partial charge in [-0.1, -0.05) is 29.8 Å². The molecule has 0 bridgehead atoms. The molecule has 2 aromatic rings. The molecule has 0 fully saturated rings. The van der Waals surface area contributed by atoms with Crippen LogP contribution in [0.25, 0.3) is 0 Å². The monoisotopic (exact) mass is 311 g/mol. The van der Waals surface area contributed by atoms with Gasteiger partial charge >= 0.3 is 0 Å². The smallest absolute Gasteiger partial charge is 0.212 e. The number of aryl methyl sites for hydroxylation is 1. The third-order valence-electron chi connectivity index (χ3n) is 2.97. The fourth-order valence-corrected chi connectivity index (χ4v) is 2.93. The summed E-state index contributed by atoms with van der Waals surface area (Å²) in [4.78, 5) is 0.